The smallest absolute Gasteiger partial charge is 0.356 e. The van der Waals surface area contributed by atoms with E-state index in [1.807, 2.05) is 48.5 Å². The maximum absolute atomic E-state index is 6.51. The molecule has 1 heterocycles. The van der Waals surface area contributed by atoms with Gasteiger partial charge in [0.05, 0.1) is 6.54 Å². The molecule has 26 heavy (non-hydrogen) atoms. The first-order chi connectivity index (χ1) is 12.8. The number of benzene rings is 3. The summed E-state index contributed by atoms with van der Waals surface area (Å²) in [4.78, 5) is 0. The van der Waals surface area contributed by atoms with E-state index in [0.29, 0.717) is 13.2 Å². The van der Waals surface area contributed by atoms with Gasteiger partial charge in [-0.2, -0.15) is 0 Å². The number of anilines is 1. The number of nitrogens with zero attached hydrogens (tertiary/aromatic N) is 2. The molecular weight excluding hydrogens is 322 g/mol. The topological polar surface area (TPSA) is 44.1 Å². The van der Waals surface area contributed by atoms with Gasteiger partial charge in [-0.3, -0.25) is 5.73 Å². The van der Waals surface area contributed by atoms with Crippen LogP contribution in [0.3, 0.4) is 0 Å². The van der Waals surface area contributed by atoms with E-state index >= 15 is 0 Å². The summed E-state index contributed by atoms with van der Waals surface area (Å²) in [6, 6.07) is 28.6. The lowest BCUT2D eigenvalue weighted by molar-refractivity contribution is -0.648. The molecule has 4 aromatic rings. The second-order valence-electron chi connectivity index (χ2n) is 6.23. The van der Waals surface area contributed by atoms with Gasteiger partial charge in [-0.25, -0.2) is 9.13 Å². The monoisotopic (exact) mass is 344 g/mol. The van der Waals surface area contributed by atoms with Crippen molar-refractivity contribution in [3.05, 3.63) is 90.5 Å². The number of hydrogen-bond donors (Lipinski definition) is 1. The Morgan fingerprint density at radius 1 is 0.808 bits per heavy atom. The fourth-order valence-corrected chi connectivity index (χ4v) is 3.25. The third kappa shape index (κ3) is 3.26. The van der Waals surface area contributed by atoms with Crippen LogP contribution in [0, 0.1) is 0 Å². The van der Waals surface area contributed by atoms with E-state index in [4.69, 9.17) is 10.5 Å². The largest absolute Gasteiger partial charge is 0.490 e. The number of rotatable bonds is 6. The van der Waals surface area contributed by atoms with Gasteiger partial charge in [-0.05, 0) is 29.8 Å². The molecule has 2 N–H and O–H groups in total. The number of nitrogen functional groups attached to an aromatic ring is 1. The Morgan fingerprint density at radius 2 is 1.46 bits per heavy atom. The Bertz CT molecular complexity index is 994. The van der Waals surface area contributed by atoms with Crippen LogP contribution in [0.25, 0.3) is 11.0 Å². The SMILES string of the molecule is Nc1n(CCOc2ccccc2)c2ccccc2[n+]1Cc1ccccc1. The van der Waals surface area contributed by atoms with Gasteiger partial charge in [0.1, 0.15) is 29.9 Å². The number of hydrogen-bond acceptors (Lipinski definition) is 2. The molecule has 0 spiro atoms. The Hall–Kier alpha value is -3.27. The Balaban J connectivity index is 1.61. The number of ether oxygens (including phenoxy) is 1. The van der Waals surface area contributed by atoms with E-state index in [0.717, 1.165) is 29.3 Å². The van der Waals surface area contributed by atoms with Crippen LogP contribution in [0.5, 0.6) is 5.75 Å². The highest BCUT2D eigenvalue weighted by Gasteiger charge is 2.20. The van der Waals surface area contributed by atoms with Gasteiger partial charge in [0.2, 0.25) is 0 Å². The zero-order chi connectivity index (χ0) is 17.8. The summed E-state index contributed by atoms with van der Waals surface area (Å²) in [5.41, 5.74) is 10.00. The lowest BCUT2D eigenvalue weighted by Crippen LogP contribution is -2.37. The fourth-order valence-electron chi connectivity index (χ4n) is 3.25. The van der Waals surface area contributed by atoms with E-state index in [1.54, 1.807) is 0 Å². The molecule has 0 aliphatic rings. The zero-order valence-electron chi connectivity index (χ0n) is 14.6. The molecule has 0 radical (unpaired) electrons. The van der Waals surface area contributed by atoms with E-state index in [-0.39, 0.29) is 0 Å². The molecule has 0 aliphatic heterocycles. The van der Waals surface area contributed by atoms with Crippen LogP contribution in [-0.4, -0.2) is 11.2 Å². The van der Waals surface area contributed by atoms with Crippen molar-refractivity contribution < 1.29 is 9.30 Å². The molecule has 0 aliphatic carbocycles. The second-order valence-corrected chi connectivity index (χ2v) is 6.23. The van der Waals surface area contributed by atoms with Gasteiger partial charge < -0.3 is 4.74 Å². The summed E-state index contributed by atoms with van der Waals surface area (Å²) in [5.74, 6) is 1.62. The molecule has 0 bridgehead atoms. The van der Waals surface area contributed by atoms with Crippen molar-refractivity contribution >= 4 is 17.0 Å². The first-order valence-corrected chi connectivity index (χ1v) is 8.81. The minimum Gasteiger partial charge on any atom is -0.490 e. The normalized spacial score (nSPS) is 10.9. The van der Waals surface area contributed by atoms with Crippen molar-refractivity contribution in [3.8, 4) is 5.75 Å². The van der Waals surface area contributed by atoms with Crippen molar-refractivity contribution in [2.45, 2.75) is 13.1 Å². The van der Waals surface area contributed by atoms with Gasteiger partial charge in [0.15, 0.2) is 0 Å². The molecule has 0 saturated carbocycles. The summed E-state index contributed by atoms with van der Waals surface area (Å²) < 4.78 is 10.1. The molecule has 0 unspecified atom stereocenters. The lowest BCUT2D eigenvalue weighted by Gasteiger charge is -2.06. The predicted molar refractivity (Wildman–Crippen MR) is 104 cm³/mol. The van der Waals surface area contributed by atoms with E-state index in [2.05, 4.69) is 45.5 Å². The van der Waals surface area contributed by atoms with Gasteiger partial charge >= 0.3 is 5.95 Å². The molecule has 3 aromatic carbocycles. The molecule has 0 fully saturated rings. The first-order valence-electron chi connectivity index (χ1n) is 8.81. The van der Waals surface area contributed by atoms with Crippen LogP contribution in [0.2, 0.25) is 0 Å². The van der Waals surface area contributed by atoms with Crippen molar-refractivity contribution in [2.24, 2.45) is 0 Å². The van der Waals surface area contributed by atoms with Gasteiger partial charge in [-0.1, -0.05) is 60.7 Å². The number of imidazole rings is 1. The summed E-state index contributed by atoms with van der Waals surface area (Å²) in [6.07, 6.45) is 0. The Morgan fingerprint density at radius 3 is 2.23 bits per heavy atom. The molecule has 4 nitrogen and oxygen atoms in total. The maximum Gasteiger partial charge on any atom is 0.356 e. The van der Waals surface area contributed by atoms with Crippen LogP contribution < -0.4 is 15.0 Å². The third-order valence-corrected chi connectivity index (χ3v) is 4.53. The minimum absolute atomic E-state index is 0.568. The van der Waals surface area contributed by atoms with E-state index in [9.17, 15) is 0 Å². The number of fused-ring (bicyclic) bond motifs is 1. The van der Waals surface area contributed by atoms with Gasteiger partial charge in [0.25, 0.3) is 0 Å². The average molecular weight is 344 g/mol. The van der Waals surface area contributed by atoms with Crippen LogP contribution in [-0.2, 0) is 13.1 Å². The highest BCUT2D eigenvalue weighted by atomic mass is 16.5. The van der Waals surface area contributed by atoms with Crippen LogP contribution in [0.4, 0.5) is 5.95 Å². The molecule has 0 atom stereocenters. The Kier molecular flexibility index (Phi) is 4.56. The van der Waals surface area contributed by atoms with E-state index < -0.39 is 0 Å². The summed E-state index contributed by atoms with van der Waals surface area (Å²) in [7, 11) is 0. The fraction of sp³-hybridized carbons (Fsp3) is 0.136. The van der Waals surface area contributed by atoms with Gasteiger partial charge in [-0.15, -0.1) is 0 Å². The Labute approximate surface area is 153 Å². The maximum atomic E-state index is 6.51. The molecule has 4 heteroatoms. The zero-order valence-corrected chi connectivity index (χ0v) is 14.6. The minimum atomic E-state index is 0.568. The second kappa shape index (κ2) is 7.31. The quantitative estimate of drug-likeness (QED) is 0.543. The summed E-state index contributed by atoms with van der Waals surface area (Å²) in [5, 5.41) is 0. The number of nitrogens with two attached hydrogens (primary N) is 1. The lowest BCUT2D eigenvalue weighted by atomic mass is 10.2. The molecule has 0 saturated heterocycles. The third-order valence-electron chi connectivity index (χ3n) is 4.53. The van der Waals surface area contributed by atoms with Crippen LogP contribution in [0.15, 0.2) is 84.9 Å². The molecule has 1 aromatic heterocycles. The number of aromatic nitrogens is 2. The summed E-state index contributed by atoms with van der Waals surface area (Å²) in [6.45, 7) is 2.01. The van der Waals surface area contributed by atoms with Gasteiger partial charge in [0, 0.05) is 0 Å². The predicted octanol–water partition coefficient (Wildman–Crippen LogP) is 3.64. The number of para-hydroxylation sites is 3. The van der Waals surface area contributed by atoms with Crippen molar-refractivity contribution in [1.29, 1.82) is 0 Å². The molecule has 4 rings (SSSR count). The molecular formula is C22H22N3O+. The van der Waals surface area contributed by atoms with Crippen molar-refractivity contribution in [1.82, 2.24) is 4.57 Å². The first kappa shape index (κ1) is 16.2. The molecule has 130 valence electrons. The molecule has 0 amide bonds. The standard InChI is InChI=1S/C22H21N3O/c23-22-24(15-16-26-19-11-5-2-6-12-19)20-13-7-8-14-21(20)25(22)17-18-9-3-1-4-10-18/h1-14,23H,15-17H2/p+1. The van der Waals surface area contributed by atoms with Crippen molar-refractivity contribution in [3.63, 3.8) is 0 Å². The highest BCUT2D eigenvalue weighted by Crippen LogP contribution is 2.17. The summed E-state index contributed by atoms with van der Waals surface area (Å²) >= 11 is 0. The highest BCUT2D eigenvalue weighted by molar-refractivity contribution is 5.73. The average Bonchev–Trinajstić information content (AvgIpc) is 2.96. The van der Waals surface area contributed by atoms with Crippen molar-refractivity contribution in [2.75, 3.05) is 12.3 Å². The van der Waals surface area contributed by atoms with E-state index in [1.165, 1.54) is 5.56 Å². The van der Waals surface area contributed by atoms with Crippen LogP contribution >= 0.6 is 0 Å². The van der Waals surface area contributed by atoms with Crippen LogP contribution in [0.1, 0.15) is 5.56 Å².